The standard InChI is InChI=1S/C25H19F3O4/c1-15-3-5-16(6-4-15)14-31-19-11-12-20-21(13-19)32-24(25(26,27)28)22(23(20)29)17-7-9-18(30-2)10-8-17/h3-13H,14H2,1-2H3. The van der Waals surface area contributed by atoms with Crippen molar-refractivity contribution in [3.05, 3.63) is 93.8 Å². The fourth-order valence-electron chi connectivity index (χ4n) is 3.33. The van der Waals surface area contributed by atoms with E-state index in [4.69, 9.17) is 13.9 Å². The van der Waals surface area contributed by atoms with Crippen molar-refractivity contribution in [2.75, 3.05) is 7.11 Å². The maximum absolute atomic E-state index is 13.8. The summed E-state index contributed by atoms with van der Waals surface area (Å²) < 4.78 is 57.4. The SMILES string of the molecule is COc1ccc(-c2c(C(F)(F)F)oc3cc(OCc4ccc(C)cc4)ccc3c2=O)cc1. The van der Waals surface area contributed by atoms with Crippen molar-refractivity contribution < 1.29 is 27.1 Å². The van der Waals surface area contributed by atoms with Crippen molar-refractivity contribution in [3.63, 3.8) is 0 Å². The number of hydrogen-bond donors (Lipinski definition) is 0. The van der Waals surface area contributed by atoms with Crippen molar-refractivity contribution in [2.24, 2.45) is 0 Å². The Morgan fingerprint density at radius 2 is 1.56 bits per heavy atom. The first-order valence-corrected chi connectivity index (χ1v) is 9.77. The third kappa shape index (κ3) is 4.32. The van der Waals surface area contributed by atoms with Crippen LogP contribution in [0.3, 0.4) is 0 Å². The molecule has 0 amide bonds. The van der Waals surface area contributed by atoms with Gasteiger partial charge in [0, 0.05) is 6.07 Å². The number of rotatable bonds is 5. The van der Waals surface area contributed by atoms with E-state index in [9.17, 15) is 18.0 Å². The van der Waals surface area contributed by atoms with Crippen LogP contribution in [0.1, 0.15) is 16.9 Å². The average molecular weight is 440 g/mol. The Hall–Kier alpha value is -3.74. The van der Waals surface area contributed by atoms with Gasteiger partial charge in [0.2, 0.25) is 11.2 Å². The van der Waals surface area contributed by atoms with Gasteiger partial charge in [0.25, 0.3) is 0 Å². The number of benzene rings is 3. The molecule has 0 unspecified atom stereocenters. The minimum atomic E-state index is -4.86. The lowest BCUT2D eigenvalue weighted by Gasteiger charge is -2.14. The number of halogens is 3. The second kappa shape index (κ2) is 8.42. The van der Waals surface area contributed by atoms with Crippen LogP contribution in [0.5, 0.6) is 11.5 Å². The summed E-state index contributed by atoms with van der Waals surface area (Å²) in [6, 6.07) is 17.7. The second-order valence-corrected chi connectivity index (χ2v) is 7.29. The molecule has 4 aromatic rings. The minimum Gasteiger partial charge on any atom is -0.497 e. The van der Waals surface area contributed by atoms with Crippen LogP contribution in [0.15, 0.2) is 75.9 Å². The zero-order valence-electron chi connectivity index (χ0n) is 17.3. The molecule has 0 aliphatic heterocycles. The van der Waals surface area contributed by atoms with Gasteiger partial charge in [-0.1, -0.05) is 42.0 Å². The molecule has 4 rings (SSSR count). The summed E-state index contributed by atoms with van der Waals surface area (Å²) in [5.41, 5.74) is 0.598. The summed E-state index contributed by atoms with van der Waals surface area (Å²) in [5, 5.41) is 0.0338. The van der Waals surface area contributed by atoms with Gasteiger partial charge in [-0.25, -0.2) is 0 Å². The van der Waals surface area contributed by atoms with E-state index in [-0.39, 0.29) is 23.1 Å². The highest BCUT2D eigenvalue weighted by molar-refractivity contribution is 5.84. The average Bonchev–Trinajstić information content (AvgIpc) is 2.78. The molecule has 7 heteroatoms. The summed E-state index contributed by atoms with van der Waals surface area (Å²) in [6.07, 6.45) is -4.86. The van der Waals surface area contributed by atoms with Crippen molar-refractivity contribution in [1.29, 1.82) is 0 Å². The minimum absolute atomic E-state index is 0.0338. The zero-order valence-corrected chi connectivity index (χ0v) is 17.3. The first kappa shape index (κ1) is 21.5. The molecule has 0 aliphatic rings. The Bertz CT molecular complexity index is 1300. The molecule has 0 fully saturated rings. The molecule has 0 spiro atoms. The monoisotopic (exact) mass is 440 g/mol. The molecular formula is C25H19F3O4. The number of alkyl halides is 3. The summed E-state index contributed by atoms with van der Waals surface area (Å²) in [5.74, 6) is -0.592. The number of ether oxygens (including phenoxy) is 2. The molecular weight excluding hydrogens is 421 g/mol. The Morgan fingerprint density at radius 1 is 0.906 bits per heavy atom. The lowest BCUT2D eigenvalue weighted by Crippen LogP contribution is -2.16. The molecule has 1 heterocycles. The van der Waals surface area contributed by atoms with E-state index in [1.54, 1.807) is 6.07 Å². The van der Waals surface area contributed by atoms with Crippen LogP contribution in [0.2, 0.25) is 0 Å². The maximum Gasteiger partial charge on any atom is 0.450 e. The largest absolute Gasteiger partial charge is 0.497 e. The summed E-state index contributed by atoms with van der Waals surface area (Å²) in [6.45, 7) is 2.19. The van der Waals surface area contributed by atoms with E-state index in [2.05, 4.69) is 0 Å². The van der Waals surface area contributed by atoms with E-state index in [0.29, 0.717) is 11.5 Å². The highest BCUT2D eigenvalue weighted by Gasteiger charge is 2.39. The fraction of sp³-hybridized carbons (Fsp3) is 0.160. The quantitative estimate of drug-likeness (QED) is 0.362. The fourth-order valence-corrected chi connectivity index (χ4v) is 3.33. The van der Waals surface area contributed by atoms with Crippen LogP contribution in [0.25, 0.3) is 22.1 Å². The molecule has 0 saturated carbocycles. The smallest absolute Gasteiger partial charge is 0.450 e. The van der Waals surface area contributed by atoms with Gasteiger partial charge in [-0.15, -0.1) is 0 Å². The van der Waals surface area contributed by atoms with Crippen LogP contribution in [-0.2, 0) is 12.8 Å². The highest BCUT2D eigenvalue weighted by Crippen LogP contribution is 2.38. The first-order valence-electron chi connectivity index (χ1n) is 9.77. The van der Waals surface area contributed by atoms with Crippen LogP contribution in [0, 0.1) is 6.92 Å². The number of fused-ring (bicyclic) bond motifs is 1. The van der Waals surface area contributed by atoms with Gasteiger partial charge in [0.15, 0.2) is 0 Å². The number of aryl methyl sites for hydroxylation is 1. The summed E-state index contributed by atoms with van der Waals surface area (Å²) in [7, 11) is 1.44. The second-order valence-electron chi connectivity index (χ2n) is 7.29. The van der Waals surface area contributed by atoms with Gasteiger partial charge in [-0.2, -0.15) is 13.2 Å². The molecule has 0 atom stereocenters. The maximum atomic E-state index is 13.8. The van der Waals surface area contributed by atoms with Gasteiger partial charge in [0.1, 0.15) is 23.7 Å². The van der Waals surface area contributed by atoms with Crippen LogP contribution in [-0.4, -0.2) is 7.11 Å². The summed E-state index contributed by atoms with van der Waals surface area (Å²) >= 11 is 0. The van der Waals surface area contributed by atoms with Crippen molar-refractivity contribution >= 4 is 11.0 Å². The van der Waals surface area contributed by atoms with Gasteiger partial charge in [0.05, 0.1) is 18.1 Å². The van der Waals surface area contributed by atoms with E-state index in [0.717, 1.165) is 11.1 Å². The molecule has 4 nitrogen and oxygen atoms in total. The van der Waals surface area contributed by atoms with Crippen LogP contribution < -0.4 is 14.9 Å². The predicted octanol–water partition coefficient (Wildman–Crippen LogP) is 6.37. The summed E-state index contributed by atoms with van der Waals surface area (Å²) in [4.78, 5) is 13.0. The Balaban J connectivity index is 1.76. The Labute approximate surface area is 181 Å². The van der Waals surface area contributed by atoms with Crippen molar-refractivity contribution in [2.45, 2.75) is 19.7 Å². The van der Waals surface area contributed by atoms with Crippen molar-refractivity contribution in [1.82, 2.24) is 0 Å². The van der Waals surface area contributed by atoms with Crippen LogP contribution in [0.4, 0.5) is 13.2 Å². The van der Waals surface area contributed by atoms with Crippen molar-refractivity contribution in [3.8, 4) is 22.6 Å². The molecule has 32 heavy (non-hydrogen) atoms. The molecule has 0 radical (unpaired) electrons. The topological polar surface area (TPSA) is 48.7 Å². The lowest BCUT2D eigenvalue weighted by atomic mass is 10.0. The zero-order chi connectivity index (χ0) is 22.9. The third-order valence-electron chi connectivity index (χ3n) is 5.03. The molecule has 3 aromatic carbocycles. The predicted molar refractivity (Wildman–Crippen MR) is 115 cm³/mol. The molecule has 164 valence electrons. The first-order chi connectivity index (χ1) is 15.3. The normalized spacial score (nSPS) is 11.5. The third-order valence-corrected chi connectivity index (χ3v) is 5.03. The Morgan fingerprint density at radius 3 is 2.19 bits per heavy atom. The lowest BCUT2D eigenvalue weighted by molar-refractivity contribution is -0.152. The molecule has 0 N–H and O–H groups in total. The van der Waals surface area contributed by atoms with Gasteiger partial charge in [-0.05, 0) is 42.3 Å². The van der Waals surface area contributed by atoms with E-state index < -0.39 is 22.9 Å². The number of methoxy groups -OCH3 is 1. The van der Waals surface area contributed by atoms with E-state index >= 15 is 0 Å². The molecule has 0 saturated heterocycles. The molecule has 0 aliphatic carbocycles. The molecule has 0 bridgehead atoms. The highest BCUT2D eigenvalue weighted by atomic mass is 19.4. The van der Waals surface area contributed by atoms with Crippen LogP contribution >= 0.6 is 0 Å². The Kier molecular flexibility index (Phi) is 5.65. The number of hydrogen-bond acceptors (Lipinski definition) is 4. The van der Waals surface area contributed by atoms with E-state index in [1.165, 1.54) is 43.5 Å². The van der Waals surface area contributed by atoms with Gasteiger partial charge >= 0.3 is 6.18 Å². The van der Waals surface area contributed by atoms with E-state index in [1.807, 2.05) is 31.2 Å². The molecule has 1 aromatic heterocycles. The van der Waals surface area contributed by atoms with Gasteiger partial charge < -0.3 is 13.9 Å². The van der Waals surface area contributed by atoms with Gasteiger partial charge in [-0.3, -0.25) is 4.79 Å².